The number of nitrogens with zero attached hydrogens (tertiary/aromatic N) is 9. The molecule has 31 rings (SSSR count). The largest absolute Gasteiger partial charge is 0.310 e. The summed E-state index contributed by atoms with van der Waals surface area (Å²) in [5.41, 5.74) is 33.7. The number of benzene rings is 20. The van der Waals surface area contributed by atoms with E-state index >= 15 is 0 Å². The summed E-state index contributed by atoms with van der Waals surface area (Å²) in [7, 11) is 0. The van der Waals surface area contributed by atoms with Gasteiger partial charge >= 0.3 is 0 Å². The Morgan fingerprint density at radius 2 is 0.465 bits per heavy atom. The van der Waals surface area contributed by atoms with Crippen LogP contribution in [0.4, 0.5) is 34.1 Å². The van der Waals surface area contributed by atoms with Crippen molar-refractivity contribution < 1.29 is 0 Å². The highest BCUT2D eigenvalue weighted by Gasteiger charge is 2.36. The zero-order chi connectivity index (χ0) is 83.4. The third kappa shape index (κ3) is 8.64. The fraction of sp³-hybridized carbons (Fsp3) is 0. The van der Waals surface area contributed by atoms with Gasteiger partial charge in [-0.1, -0.05) is 243 Å². The predicted molar refractivity (Wildman–Crippen MR) is 543 cm³/mol. The minimum absolute atomic E-state index is 1.05. The minimum atomic E-state index is 1.05. The summed E-state index contributed by atoms with van der Waals surface area (Å²) >= 11 is 0. The fourth-order valence-corrected chi connectivity index (χ4v) is 24.2. The summed E-state index contributed by atoms with van der Waals surface area (Å²) in [4.78, 5) is 5.01. The molecule has 0 saturated carbocycles. The fourth-order valence-electron chi connectivity index (χ4n) is 24.2. The van der Waals surface area contributed by atoms with Gasteiger partial charge in [0.05, 0.1) is 111 Å². The predicted octanol–water partition coefficient (Wildman–Crippen LogP) is 32.2. The maximum Gasteiger partial charge on any atom is 0.0810 e. The van der Waals surface area contributed by atoms with Crippen LogP contribution in [0.25, 0.3) is 246 Å². The van der Waals surface area contributed by atoms with Crippen LogP contribution in [0.3, 0.4) is 0 Å². The summed E-state index contributed by atoms with van der Waals surface area (Å²) in [6.07, 6.45) is 0. The highest BCUT2D eigenvalue weighted by molar-refractivity contribution is 6.44. The smallest absolute Gasteiger partial charge is 0.0810 e. The molecule has 31 aromatic rings. The van der Waals surface area contributed by atoms with E-state index in [1.165, 1.54) is 196 Å². The SMILES string of the molecule is c1ccc(N(c2ccccc2)c2ccc3c4cc5c(cc4n4c6ccccc6c2c34)c2cc3c(c4cc(-c6ccc(N(c7ccccc7)c7c8c9ccccc9n9c%10cc%11c%12c%13c%14ccccc%14n(-c%14ccccc%14)c%13cc%13c%14ccccc%14n(c%11cc%10c(c%10c%11ccccc%11n(-c%11ccccc%11)c7%10)c89)c%13%12)cc6)ccc4n3-c3ccccc3)c3c4ccccc4n5c23)cc1. The second kappa shape index (κ2) is 24.8. The molecule has 0 amide bonds. The summed E-state index contributed by atoms with van der Waals surface area (Å²) < 4.78 is 18.0. The molecule has 129 heavy (non-hydrogen) atoms. The topological polar surface area (TPSA) is 38.9 Å². The third-order valence-corrected chi connectivity index (χ3v) is 29.1. The molecule has 594 valence electrons. The first-order chi connectivity index (χ1) is 64.1. The van der Waals surface area contributed by atoms with E-state index in [1.807, 2.05) is 0 Å². The maximum atomic E-state index is 2.64. The monoisotopic (exact) mass is 1640 g/mol. The van der Waals surface area contributed by atoms with Crippen molar-refractivity contribution in [3.8, 4) is 28.2 Å². The second-order valence-corrected chi connectivity index (χ2v) is 35.3. The van der Waals surface area contributed by atoms with E-state index in [2.05, 4.69) is 460 Å². The molecule has 9 heteroatoms. The number of fused-ring (bicyclic) bond motifs is 36. The molecule has 0 unspecified atom stereocenters. The lowest BCUT2D eigenvalue weighted by Crippen LogP contribution is -2.12. The van der Waals surface area contributed by atoms with Crippen molar-refractivity contribution in [2.24, 2.45) is 0 Å². The molecule has 9 nitrogen and oxygen atoms in total. The van der Waals surface area contributed by atoms with Gasteiger partial charge in [-0.25, -0.2) is 0 Å². The van der Waals surface area contributed by atoms with Crippen molar-refractivity contribution >= 4 is 252 Å². The van der Waals surface area contributed by atoms with Crippen molar-refractivity contribution in [1.29, 1.82) is 0 Å². The van der Waals surface area contributed by atoms with Gasteiger partial charge in [-0.05, 0) is 187 Å². The Kier molecular flexibility index (Phi) is 13.1. The highest BCUT2D eigenvalue weighted by Crippen LogP contribution is 2.59. The van der Waals surface area contributed by atoms with E-state index in [0.717, 1.165) is 84.4 Å². The Hall–Kier alpha value is -17.4. The standard InChI is InChI=1S/C120H69N9/c1-7-31-72(32-8-1)121(73-33-9-2-10-34-73)100-62-60-80-86-64-102-87(65-101(86)127-96-52-28-21-45-82(96)109(100)115(80)127)89-67-106-108(110-84-47-23-29-53-97(84)128(102)117(89)110)90-63-71(57-61-99(90)124(106)76-39-15-5-16-40-76)70-55-58-78(59-56-70)122(74-35-11-3-12-36-74)120-114-85-48-24-30-54-98(85)129-104-68-91-103(69-92(104)113(118(114)129)111-83-46-22-27-51-95(83)125(119(111)120)77-41-17-6-18-42-77)126-93-49-25-19-43-79(93)88-66-105-107(112(91)116(88)126)81-44-20-26-50-94(81)123(105)75-37-13-4-14-38-75/h1-69H. The van der Waals surface area contributed by atoms with Gasteiger partial charge in [0.2, 0.25) is 0 Å². The van der Waals surface area contributed by atoms with Gasteiger partial charge in [0.15, 0.2) is 0 Å². The van der Waals surface area contributed by atoms with Crippen LogP contribution in [-0.4, -0.2) is 31.3 Å². The van der Waals surface area contributed by atoms with E-state index in [0.29, 0.717) is 0 Å². The molecule has 20 aromatic carbocycles. The van der Waals surface area contributed by atoms with Crippen LogP contribution in [0.1, 0.15) is 0 Å². The number of anilines is 6. The van der Waals surface area contributed by atoms with Gasteiger partial charge in [0.1, 0.15) is 0 Å². The molecule has 0 aliphatic carbocycles. The average Bonchev–Trinajstić information content (AvgIpc) is 1.52. The molecular weight excluding hydrogens is 1570 g/mol. The number of hydrogen-bond donors (Lipinski definition) is 0. The van der Waals surface area contributed by atoms with Crippen molar-refractivity contribution in [2.75, 3.05) is 9.80 Å². The van der Waals surface area contributed by atoms with Crippen molar-refractivity contribution in [3.05, 3.63) is 419 Å². The molecular formula is C120H69N9. The second-order valence-electron chi connectivity index (χ2n) is 35.3. The van der Waals surface area contributed by atoms with Gasteiger partial charge in [0.25, 0.3) is 0 Å². The molecule has 0 radical (unpaired) electrons. The zero-order valence-corrected chi connectivity index (χ0v) is 69.4. The molecule has 0 saturated heterocycles. The Bertz CT molecular complexity index is 10200. The molecule has 0 spiro atoms. The summed E-state index contributed by atoms with van der Waals surface area (Å²) in [5.74, 6) is 0. The molecule has 0 N–H and O–H groups in total. The van der Waals surface area contributed by atoms with E-state index < -0.39 is 0 Å². The zero-order valence-electron chi connectivity index (χ0n) is 69.4. The Balaban J connectivity index is 0.639. The Morgan fingerprint density at radius 3 is 1.00 bits per heavy atom. The van der Waals surface area contributed by atoms with Crippen LogP contribution in [0.2, 0.25) is 0 Å². The van der Waals surface area contributed by atoms with Gasteiger partial charge < -0.3 is 41.1 Å². The van der Waals surface area contributed by atoms with Crippen LogP contribution in [0.5, 0.6) is 0 Å². The van der Waals surface area contributed by atoms with Crippen molar-refractivity contribution in [3.63, 3.8) is 0 Å². The minimum Gasteiger partial charge on any atom is -0.310 e. The summed E-state index contributed by atoms with van der Waals surface area (Å²) in [5, 5.41) is 27.1. The third-order valence-electron chi connectivity index (χ3n) is 29.1. The average molecular weight is 1640 g/mol. The van der Waals surface area contributed by atoms with E-state index in [-0.39, 0.29) is 0 Å². The number of para-hydroxylation sites is 12. The van der Waals surface area contributed by atoms with Crippen molar-refractivity contribution in [2.45, 2.75) is 0 Å². The number of aromatic nitrogens is 7. The first-order valence-electron chi connectivity index (χ1n) is 44.6. The quantitative estimate of drug-likeness (QED) is 0.137. The first kappa shape index (κ1) is 68.1. The Morgan fingerprint density at radius 1 is 0.147 bits per heavy atom. The van der Waals surface area contributed by atoms with Gasteiger partial charge in [-0.15, -0.1) is 0 Å². The number of rotatable bonds is 10. The van der Waals surface area contributed by atoms with Crippen LogP contribution in [0, 0.1) is 0 Å². The lowest BCUT2D eigenvalue weighted by Gasteiger charge is -2.28. The maximum absolute atomic E-state index is 2.64. The van der Waals surface area contributed by atoms with Gasteiger partial charge in [-0.3, -0.25) is 0 Å². The number of hydrogen-bond acceptors (Lipinski definition) is 2. The normalized spacial score (nSPS) is 12.7. The summed E-state index contributed by atoms with van der Waals surface area (Å²) in [6.45, 7) is 0. The van der Waals surface area contributed by atoms with Crippen LogP contribution in [0.15, 0.2) is 419 Å². The molecule has 0 fully saturated rings. The lowest BCUT2D eigenvalue weighted by molar-refractivity contribution is 1.17. The van der Waals surface area contributed by atoms with E-state index in [1.54, 1.807) is 0 Å². The molecule has 0 aliphatic heterocycles. The molecule has 0 bridgehead atoms. The molecule has 0 atom stereocenters. The lowest BCUT2D eigenvalue weighted by atomic mass is 9.97. The van der Waals surface area contributed by atoms with Crippen LogP contribution < -0.4 is 9.80 Å². The van der Waals surface area contributed by atoms with Crippen molar-refractivity contribution in [1.82, 2.24) is 31.3 Å². The first-order valence-corrected chi connectivity index (χ1v) is 44.6. The van der Waals surface area contributed by atoms with Crippen LogP contribution in [-0.2, 0) is 0 Å². The molecule has 11 aromatic heterocycles. The molecule has 0 aliphatic rings. The van der Waals surface area contributed by atoms with Gasteiger partial charge in [-0.2, -0.15) is 0 Å². The highest BCUT2D eigenvalue weighted by atomic mass is 15.2. The van der Waals surface area contributed by atoms with E-state index in [4.69, 9.17) is 0 Å². The summed E-state index contributed by atoms with van der Waals surface area (Å²) in [6, 6.07) is 157. The molecule has 11 heterocycles. The van der Waals surface area contributed by atoms with Gasteiger partial charge in [0, 0.05) is 158 Å². The van der Waals surface area contributed by atoms with E-state index in [9.17, 15) is 0 Å². The van der Waals surface area contributed by atoms with Crippen LogP contribution >= 0.6 is 0 Å². The Labute approximate surface area is 734 Å².